The van der Waals surface area contributed by atoms with Crippen molar-refractivity contribution in [2.45, 2.75) is 6.61 Å². The summed E-state index contributed by atoms with van der Waals surface area (Å²) in [6.45, 7) is 0.246. The molecule has 33 heavy (non-hydrogen) atoms. The number of fused-ring (bicyclic) bond motifs is 1. The number of para-hydroxylation sites is 1. The summed E-state index contributed by atoms with van der Waals surface area (Å²) in [5.74, 6) is 0.309. The van der Waals surface area contributed by atoms with Crippen LogP contribution in [0, 0.1) is 0 Å². The van der Waals surface area contributed by atoms with Gasteiger partial charge < -0.3 is 19.7 Å². The molecule has 4 rings (SSSR count). The lowest BCUT2D eigenvalue weighted by molar-refractivity contribution is 0.0954. The second kappa shape index (κ2) is 9.69. The molecular weight excluding hydrogens is 422 g/mol. The van der Waals surface area contributed by atoms with E-state index in [1.807, 2.05) is 36.4 Å². The molecule has 0 radical (unpaired) electrons. The van der Waals surface area contributed by atoms with Gasteiger partial charge >= 0.3 is 0 Å². The molecule has 0 aliphatic rings. The number of phenolic OH excluding ortho intramolecular Hbond substituents is 2. The van der Waals surface area contributed by atoms with E-state index in [0.29, 0.717) is 17.1 Å². The third-order valence-corrected chi connectivity index (χ3v) is 4.83. The number of carbonyl (C=O) groups excluding carboxylic acids is 1. The lowest BCUT2D eigenvalue weighted by Gasteiger charge is -2.12. The largest absolute Gasteiger partial charge is 0.508 e. The van der Waals surface area contributed by atoms with Crippen LogP contribution in [0.4, 0.5) is 0 Å². The molecule has 4 aromatic rings. The van der Waals surface area contributed by atoms with Crippen LogP contribution < -0.4 is 14.9 Å². The number of nitrogens with zero attached hydrogens (tertiary/aromatic N) is 2. The van der Waals surface area contributed by atoms with Gasteiger partial charge in [-0.05, 0) is 48.0 Å². The van der Waals surface area contributed by atoms with Crippen molar-refractivity contribution in [3.8, 4) is 23.0 Å². The van der Waals surface area contributed by atoms with E-state index < -0.39 is 5.91 Å². The first-order valence-corrected chi connectivity index (χ1v) is 10.0. The number of methoxy groups -OCH3 is 1. The van der Waals surface area contributed by atoms with Crippen LogP contribution >= 0.6 is 0 Å². The quantitative estimate of drug-likeness (QED) is 0.294. The number of hydrogen-bond acceptors (Lipinski definition) is 7. The molecule has 3 N–H and O–H groups in total. The SMILES string of the molecule is COc1ccc(C=NNC(=O)c2cc(O)cc(O)c2)cc1COc1cccc2cccnc12. The highest BCUT2D eigenvalue weighted by Gasteiger charge is 2.09. The minimum Gasteiger partial charge on any atom is -0.508 e. The van der Waals surface area contributed by atoms with E-state index in [-0.39, 0.29) is 23.7 Å². The summed E-state index contributed by atoms with van der Waals surface area (Å²) >= 11 is 0. The number of phenols is 2. The third kappa shape index (κ3) is 5.19. The Morgan fingerprint density at radius 1 is 1.03 bits per heavy atom. The Morgan fingerprint density at radius 2 is 1.82 bits per heavy atom. The summed E-state index contributed by atoms with van der Waals surface area (Å²) in [5, 5.41) is 24.0. The molecule has 0 unspecified atom stereocenters. The van der Waals surface area contributed by atoms with Crippen LogP contribution in [0.2, 0.25) is 0 Å². The first-order chi connectivity index (χ1) is 16.0. The van der Waals surface area contributed by atoms with Crippen LogP contribution in [0.1, 0.15) is 21.5 Å². The topological polar surface area (TPSA) is 113 Å². The van der Waals surface area contributed by atoms with Crippen molar-refractivity contribution < 1.29 is 24.5 Å². The number of hydrazone groups is 1. The molecule has 0 bridgehead atoms. The predicted molar refractivity (Wildman–Crippen MR) is 124 cm³/mol. The van der Waals surface area contributed by atoms with Crippen molar-refractivity contribution in [1.82, 2.24) is 10.4 Å². The van der Waals surface area contributed by atoms with Gasteiger partial charge in [-0.15, -0.1) is 0 Å². The molecule has 1 amide bonds. The molecule has 0 saturated heterocycles. The number of nitrogens with one attached hydrogen (secondary N) is 1. The van der Waals surface area contributed by atoms with Gasteiger partial charge in [0.15, 0.2) is 0 Å². The summed E-state index contributed by atoms with van der Waals surface area (Å²) in [6, 6.07) is 18.6. The molecule has 1 aromatic heterocycles. The minimum absolute atomic E-state index is 0.0807. The number of pyridine rings is 1. The molecule has 8 heteroatoms. The molecule has 0 saturated carbocycles. The Kier molecular flexibility index (Phi) is 6.36. The highest BCUT2D eigenvalue weighted by Crippen LogP contribution is 2.26. The van der Waals surface area contributed by atoms with Crippen LogP contribution in [-0.4, -0.2) is 34.4 Å². The highest BCUT2D eigenvalue weighted by atomic mass is 16.5. The average molecular weight is 443 g/mol. The summed E-state index contributed by atoms with van der Waals surface area (Å²) in [4.78, 5) is 16.6. The minimum atomic E-state index is -0.571. The highest BCUT2D eigenvalue weighted by molar-refractivity contribution is 5.95. The van der Waals surface area contributed by atoms with Crippen molar-refractivity contribution in [2.75, 3.05) is 7.11 Å². The zero-order valence-corrected chi connectivity index (χ0v) is 17.7. The van der Waals surface area contributed by atoms with E-state index in [2.05, 4.69) is 15.5 Å². The van der Waals surface area contributed by atoms with Gasteiger partial charge in [0.05, 0.1) is 13.3 Å². The average Bonchev–Trinajstić information content (AvgIpc) is 2.82. The first kappa shape index (κ1) is 21.6. The molecule has 0 spiro atoms. The fraction of sp³-hybridized carbons (Fsp3) is 0.0800. The smallest absolute Gasteiger partial charge is 0.271 e. The van der Waals surface area contributed by atoms with Gasteiger partial charge in [-0.1, -0.05) is 18.2 Å². The molecule has 0 aliphatic heterocycles. The van der Waals surface area contributed by atoms with Crippen molar-refractivity contribution in [1.29, 1.82) is 0 Å². The van der Waals surface area contributed by atoms with E-state index >= 15 is 0 Å². The van der Waals surface area contributed by atoms with Gasteiger partial charge in [-0.25, -0.2) is 5.43 Å². The molecule has 8 nitrogen and oxygen atoms in total. The van der Waals surface area contributed by atoms with E-state index in [1.54, 1.807) is 25.4 Å². The Morgan fingerprint density at radius 3 is 2.61 bits per heavy atom. The monoisotopic (exact) mass is 443 g/mol. The molecule has 0 fully saturated rings. The van der Waals surface area contributed by atoms with Gasteiger partial charge in [-0.2, -0.15) is 5.10 Å². The zero-order valence-electron chi connectivity index (χ0n) is 17.7. The van der Waals surface area contributed by atoms with E-state index in [9.17, 15) is 15.0 Å². The molecule has 3 aromatic carbocycles. The van der Waals surface area contributed by atoms with Crippen LogP contribution in [0.15, 0.2) is 78.0 Å². The number of aromatic hydroxyl groups is 2. The van der Waals surface area contributed by atoms with Crippen molar-refractivity contribution in [2.24, 2.45) is 5.10 Å². The van der Waals surface area contributed by atoms with Gasteiger partial charge in [0.1, 0.15) is 35.1 Å². The van der Waals surface area contributed by atoms with E-state index in [1.165, 1.54) is 18.3 Å². The Balaban J connectivity index is 1.47. The number of amides is 1. The number of benzene rings is 3. The van der Waals surface area contributed by atoms with Crippen LogP contribution in [0.3, 0.4) is 0 Å². The zero-order chi connectivity index (χ0) is 23.2. The maximum absolute atomic E-state index is 12.2. The summed E-state index contributed by atoms with van der Waals surface area (Å²) in [6.07, 6.45) is 3.20. The Labute approximate surface area is 189 Å². The third-order valence-electron chi connectivity index (χ3n) is 4.83. The van der Waals surface area contributed by atoms with Gasteiger partial charge in [0.2, 0.25) is 0 Å². The second-order valence-corrected chi connectivity index (χ2v) is 7.13. The Bertz CT molecular complexity index is 1310. The van der Waals surface area contributed by atoms with Crippen molar-refractivity contribution in [3.63, 3.8) is 0 Å². The molecule has 0 aliphatic carbocycles. The summed E-state index contributed by atoms with van der Waals surface area (Å²) in [7, 11) is 1.58. The van der Waals surface area contributed by atoms with Crippen LogP contribution in [0.5, 0.6) is 23.0 Å². The first-order valence-electron chi connectivity index (χ1n) is 10.0. The van der Waals surface area contributed by atoms with Gasteiger partial charge in [0, 0.05) is 28.8 Å². The van der Waals surface area contributed by atoms with Crippen molar-refractivity contribution in [3.05, 3.63) is 89.6 Å². The second-order valence-electron chi connectivity index (χ2n) is 7.13. The molecule has 0 atom stereocenters. The van der Waals surface area contributed by atoms with E-state index in [4.69, 9.17) is 9.47 Å². The van der Waals surface area contributed by atoms with Gasteiger partial charge in [-0.3, -0.25) is 9.78 Å². The number of ether oxygens (including phenoxy) is 2. The molecule has 166 valence electrons. The normalized spacial score (nSPS) is 10.9. The van der Waals surface area contributed by atoms with Crippen molar-refractivity contribution >= 4 is 23.0 Å². The molecule has 1 heterocycles. The lowest BCUT2D eigenvalue weighted by Crippen LogP contribution is -2.17. The fourth-order valence-corrected chi connectivity index (χ4v) is 3.30. The maximum atomic E-state index is 12.2. The standard InChI is InChI=1S/C25H21N3O5/c1-32-22-8-7-16(14-27-28-25(31)18-11-20(29)13-21(30)12-18)10-19(22)15-33-23-6-2-4-17-5-3-9-26-24(17)23/h2-14,29-30H,15H2,1H3,(H,28,31). The van der Waals surface area contributed by atoms with Gasteiger partial charge in [0.25, 0.3) is 5.91 Å². The molecular formula is C25H21N3O5. The number of aromatic nitrogens is 1. The fourth-order valence-electron chi connectivity index (χ4n) is 3.30. The Hall–Kier alpha value is -4.59. The maximum Gasteiger partial charge on any atom is 0.271 e. The summed E-state index contributed by atoms with van der Waals surface area (Å²) in [5.41, 5.74) is 4.72. The van der Waals surface area contributed by atoms with E-state index in [0.717, 1.165) is 22.5 Å². The predicted octanol–water partition coefficient (Wildman–Crippen LogP) is 4.00. The van der Waals surface area contributed by atoms with Crippen LogP contribution in [0.25, 0.3) is 10.9 Å². The number of rotatable bonds is 7. The summed E-state index contributed by atoms with van der Waals surface area (Å²) < 4.78 is 11.5. The number of hydrogen-bond donors (Lipinski definition) is 3. The lowest BCUT2D eigenvalue weighted by atomic mass is 10.1. The van der Waals surface area contributed by atoms with Crippen LogP contribution in [-0.2, 0) is 6.61 Å². The number of carbonyl (C=O) groups is 1.